The minimum atomic E-state index is 0.152. The van der Waals surface area contributed by atoms with Gasteiger partial charge in [0.2, 0.25) is 0 Å². The number of nitrogens with zero attached hydrogens (tertiary/aromatic N) is 2. The Morgan fingerprint density at radius 1 is 1.41 bits per heavy atom. The van der Waals surface area contributed by atoms with Gasteiger partial charge in [0, 0.05) is 32.7 Å². The summed E-state index contributed by atoms with van der Waals surface area (Å²) in [5.74, 6) is 0.152. The summed E-state index contributed by atoms with van der Waals surface area (Å²) in [5, 5.41) is 0. The van der Waals surface area contributed by atoms with Gasteiger partial charge in [0.1, 0.15) is 0 Å². The van der Waals surface area contributed by atoms with E-state index in [1.165, 1.54) is 11.3 Å². The third-order valence-electron chi connectivity index (χ3n) is 2.83. The number of amides is 1. The highest BCUT2D eigenvalue weighted by atomic mass is 79.9. The van der Waals surface area contributed by atoms with Gasteiger partial charge in [0.15, 0.2) is 0 Å². The Kier molecular flexibility index (Phi) is 4.36. The molecule has 1 aromatic heterocycles. The van der Waals surface area contributed by atoms with E-state index in [-0.39, 0.29) is 5.91 Å². The molecule has 1 aromatic rings. The van der Waals surface area contributed by atoms with Crippen LogP contribution in [0.2, 0.25) is 0 Å². The number of piperazine rings is 1. The van der Waals surface area contributed by atoms with Crippen molar-refractivity contribution in [1.29, 1.82) is 0 Å². The SMILES string of the molecule is C=CCN1CCN(C(=O)c2ccc(Br)s2)CC1. The van der Waals surface area contributed by atoms with Crippen LogP contribution in [0.5, 0.6) is 0 Å². The molecule has 0 spiro atoms. The van der Waals surface area contributed by atoms with Gasteiger partial charge in [-0.1, -0.05) is 6.08 Å². The molecule has 92 valence electrons. The molecule has 2 rings (SSSR count). The first kappa shape index (κ1) is 12.8. The highest BCUT2D eigenvalue weighted by Crippen LogP contribution is 2.23. The molecule has 0 bridgehead atoms. The maximum absolute atomic E-state index is 12.2. The van der Waals surface area contributed by atoms with Crippen LogP contribution in [0, 0.1) is 0 Å². The molecule has 1 saturated heterocycles. The van der Waals surface area contributed by atoms with Crippen LogP contribution in [-0.4, -0.2) is 48.4 Å². The molecule has 1 aliphatic rings. The standard InChI is InChI=1S/C12H15BrN2OS/c1-2-5-14-6-8-15(9-7-14)12(16)10-3-4-11(13)17-10/h2-4H,1,5-9H2. The van der Waals surface area contributed by atoms with Crippen molar-refractivity contribution in [3.63, 3.8) is 0 Å². The van der Waals surface area contributed by atoms with Crippen LogP contribution in [0.15, 0.2) is 28.6 Å². The first-order valence-electron chi connectivity index (χ1n) is 5.58. The lowest BCUT2D eigenvalue weighted by atomic mass is 10.3. The normalized spacial score (nSPS) is 17.1. The molecule has 0 saturated carbocycles. The van der Waals surface area contributed by atoms with Crippen LogP contribution in [0.4, 0.5) is 0 Å². The van der Waals surface area contributed by atoms with Gasteiger partial charge in [-0.2, -0.15) is 0 Å². The number of carbonyl (C=O) groups is 1. The Labute approximate surface area is 114 Å². The molecule has 5 heteroatoms. The molecule has 0 atom stereocenters. The fraction of sp³-hybridized carbons (Fsp3) is 0.417. The molecular weight excluding hydrogens is 300 g/mol. The zero-order valence-corrected chi connectivity index (χ0v) is 12.0. The first-order valence-corrected chi connectivity index (χ1v) is 7.19. The minimum absolute atomic E-state index is 0.152. The van der Waals surface area contributed by atoms with Crippen molar-refractivity contribution in [3.05, 3.63) is 33.5 Å². The van der Waals surface area contributed by atoms with Crippen LogP contribution in [0.25, 0.3) is 0 Å². The molecule has 0 radical (unpaired) electrons. The van der Waals surface area contributed by atoms with Gasteiger partial charge in [0.25, 0.3) is 5.91 Å². The molecule has 17 heavy (non-hydrogen) atoms. The predicted octanol–water partition coefficient (Wildman–Crippen LogP) is 2.45. The van der Waals surface area contributed by atoms with Crippen molar-refractivity contribution in [2.75, 3.05) is 32.7 Å². The van der Waals surface area contributed by atoms with Gasteiger partial charge in [-0.15, -0.1) is 17.9 Å². The van der Waals surface area contributed by atoms with Gasteiger partial charge in [-0.25, -0.2) is 0 Å². The largest absolute Gasteiger partial charge is 0.335 e. The van der Waals surface area contributed by atoms with Gasteiger partial charge in [-0.3, -0.25) is 9.69 Å². The molecule has 1 aliphatic heterocycles. The van der Waals surface area contributed by atoms with Crippen molar-refractivity contribution in [3.8, 4) is 0 Å². The summed E-state index contributed by atoms with van der Waals surface area (Å²) < 4.78 is 1.01. The second-order valence-corrected chi connectivity index (χ2v) is 6.45. The number of thiophene rings is 1. The third kappa shape index (κ3) is 3.18. The van der Waals surface area contributed by atoms with Crippen LogP contribution in [-0.2, 0) is 0 Å². The maximum atomic E-state index is 12.2. The van der Waals surface area contributed by atoms with E-state index in [1.807, 2.05) is 23.1 Å². The number of halogens is 1. The average Bonchev–Trinajstić information content (AvgIpc) is 2.76. The van der Waals surface area contributed by atoms with E-state index < -0.39 is 0 Å². The highest BCUT2D eigenvalue weighted by Gasteiger charge is 2.22. The summed E-state index contributed by atoms with van der Waals surface area (Å²) in [6.07, 6.45) is 1.91. The van der Waals surface area contributed by atoms with Crippen molar-refractivity contribution in [2.24, 2.45) is 0 Å². The summed E-state index contributed by atoms with van der Waals surface area (Å²) in [6.45, 7) is 8.13. The average molecular weight is 315 g/mol. The molecule has 0 aliphatic carbocycles. The molecule has 0 N–H and O–H groups in total. The molecule has 3 nitrogen and oxygen atoms in total. The fourth-order valence-corrected chi connectivity index (χ4v) is 3.26. The van der Waals surface area contributed by atoms with E-state index in [0.29, 0.717) is 0 Å². The predicted molar refractivity (Wildman–Crippen MR) is 74.6 cm³/mol. The summed E-state index contributed by atoms with van der Waals surface area (Å²) in [5.41, 5.74) is 0. The highest BCUT2D eigenvalue weighted by molar-refractivity contribution is 9.11. The van der Waals surface area contributed by atoms with E-state index in [1.54, 1.807) is 0 Å². The van der Waals surface area contributed by atoms with E-state index in [2.05, 4.69) is 27.4 Å². The second kappa shape index (κ2) is 5.80. The molecule has 2 heterocycles. The van der Waals surface area contributed by atoms with E-state index >= 15 is 0 Å². The van der Waals surface area contributed by atoms with Crippen LogP contribution in [0.1, 0.15) is 9.67 Å². The third-order valence-corrected chi connectivity index (χ3v) is 4.44. The van der Waals surface area contributed by atoms with E-state index in [9.17, 15) is 4.79 Å². The maximum Gasteiger partial charge on any atom is 0.264 e. The fourth-order valence-electron chi connectivity index (χ4n) is 1.90. The Morgan fingerprint density at radius 2 is 2.12 bits per heavy atom. The Balaban J connectivity index is 1.92. The van der Waals surface area contributed by atoms with Crippen LogP contribution >= 0.6 is 27.3 Å². The number of hydrogen-bond donors (Lipinski definition) is 0. The van der Waals surface area contributed by atoms with E-state index in [0.717, 1.165) is 41.4 Å². The van der Waals surface area contributed by atoms with Crippen LogP contribution in [0.3, 0.4) is 0 Å². The van der Waals surface area contributed by atoms with Crippen molar-refractivity contribution in [1.82, 2.24) is 9.80 Å². The summed E-state index contributed by atoms with van der Waals surface area (Å²) in [6, 6.07) is 3.80. The van der Waals surface area contributed by atoms with Gasteiger partial charge < -0.3 is 4.90 Å². The van der Waals surface area contributed by atoms with Crippen molar-refractivity contribution < 1.29 is 4.79 Å². The molecule has 0 aromatic carbocycles. The molecule has 1 fully saturated rings. The Morgan fingerprint density at radius 3 is 2.65 bits per heavy atom. The number of hydrogen-bond acceptors (Lipinski definition) is 3. The summed E-state index contributed by atoms with van der Waals surface area (Å²) in [7, 11) is 0. The lowest BCUT2D eigenvalue weighted by Crippen LogP contribution is -2.48. The Bertz CT molecular complexity index is 410. The van der Waals surface area contributed by atoms with Crippen molar-refractivity contribution in [2.45, 2.75) is 0 Å². The van der Waals surface area contributed by atoms with Gasteiger partial charge in [0.05, 0.1) is 8.66 Å². The molecule has 1 amide bonds. The molecule has 0 unspecified atom stereocenters. The number of rotatable bonds is 3. The zero-order chi connectivity index (χ0) is 12.3. The monoisotopic (exact) mass is 314 g/mol. The summed E-state index contributed by atoms with van der Waals surface area (Å²) in [4.78, 5) is 17.2. The Hall–Kier alpha value is -0.650. The molecular formula is C12H15BrN2OS. The minimum Gasteiger partial charge on any atom is -0.335 e. The summed E-state index contributed by atoms with van der Waals surface area (Å²) >= 11 is 4.88. The van der Waals surface area contributed by atoms with Gasteiger partial charge in [-0.05, 0) is 28.1 Å². The lowest BCUT2D eigenvalue weighted by Gasteiger charge is -2.33. The number of carbonyl (C=O) groups excluding carboxylic acids is 1. The zero-order valence-electron chi connectivity index (χ0n) is 9.56. The van der Waals surface area contributed by atoms with Gasteiger partial charge >= 0.3 is 0 Å². The first-order chi connectivity index (χ1) is 8.20. The van der Waals surface area contributed by atoms with Crippen molar-refractivity contribution >= 4 is 33.2 Å². The van der Waals surface area contributed by atoms with Crippen LogP contribution < -0.4 is 0 Å². The smallest absolute Gasteiger partial charge is 0.264 e. The quantitative estimate of drug-likeness (QED) is 0.800. The van der Waals surface area contributed by atoms with E-state index in [4.69, 9.17) is 0 Å². The lowest BCUT2D eigenvalue weighted by molar-refractivity contribution is 0.0655. The topological polar surface area (TPSA) is 23.6 Å². The second-order valence-electron chi connectivity index (χ2n) is 3.99.